The van der Waals surface area contributed by atoms with Gasteiger partial charge in [-0.1, -0.05) is 12.8 Å². The first-order valence-electron chi connectivity index (χ1n) is 8.42. The summed E-state index contributed by atoms with van der Waals surface area (Å²) in [6, 6.07) is 3.33. The average Bonchev–Trinajstić information content (AvgIpc) is 3.06. The lowest BCUT2D eigenvalue weighted by molar-refractivity contribution is -0.138. The predicted molar refractivity (Wildman–Crippen MR) is 85.3 cm³/mol. The number of carbonyl (C=O) groups is 2. The second-order valence-corrected chi connectivity index (χ2v) is 6.30. The third-order valence-electron chi connectivity index (χ3n) is 4.47. The van der Waals surface area contributed by atoms with Crippen LogP contribution < -0.4 is 0 Å². The molecule has 0 spiro atoms. The van der Waals surface area contributed by atoms with Crippen molar-refractivity contribution in [3.05, 3.63) is 35.4 Å². The van der Waals surface area contributed by atoms with E-state index in [-0.39, 0.29) is 36.9 Å². The molecule has 1 N–H and O–H groups in total. The number of halogens is 2. The molecule has 2 rings (SSSR count). The predicted octanol–water partition coefficient (Wildman–Crippen LogP) is 3.88. The molecule has 1 fully saturated rings. The Morgan fingerprint density at radius 3 is 2.46 bits per heavy atom. The van der Waals surface area contributed by atoms with Crippen molar-refractivity contribution in [2.75, 3.05) is 0 Å². The van der Waals surface area contributed by atoms with Crippen molar-refractivity contribution >= 4 is 11.9 Å². The van der Waals surface area contributed by atoms with E-state index in [0.29, 0.717) is 12.8 Å². The van der Waals surface area contributed by atoms with E-state index in [2.05, 4.69) is 0 Å². The fourth-order valence-electron chi connectivity index (χ4n) is 3.18. The maximum absolute atomic E-state index is 13.9. The highest BCUT2D eigenvalue weighted by molar-refractivity contribution is 5.76. The molecule has 1 saturated carbocycles. The van der Waals surface area contributed by atoms with Crippen molar-refractivity contribution < 1.29 is 23.5 Å². The molecule has 1 aliphatic carbocycles. The van der Waals surface area contributed by atoms with Crippen LogP contribution >= 0.6 is 0 Å². The van der Waals surface area contributed by atoms with Crippen LogP contribution in [0.5, 0.6) is 0 Å². The van der Waals surface area contributed by atoms with Crippen LogP contribution in [0.2, 0.25) is 0 Å². The lowest BCUT2D eigenvalue weighted by Crippen LogP contribution is -2.38. The maximum atomic E-state index is 13.9. The van der Waals surface area contributed by atoms with Gasteiger partial charge in [0.05, 0.1) is 0 Å². The van der Waals surface area contributed by atoms with Gasteiger partial charge in [-0.05, 0) is 43.9 Å². The van der Waals surface area contributed by atoms with Crippen LogP contribution in [0.1, 0.15) is 56.9 Å². The number of unbranched alkanes of at least 4 members (excludes halogenated alkanes) is 1. The monoisotopic (exact) mass is 339 g/mol. The normalized spacial score (nSPS) is 14.8. The number of hydrogen-bond acceptors (Lipinski definition) is 2. The summed E-state index contributed by atoms with van der Waals surface area (Å²) < 4.78 is 27.3. The summed E-state index contributed by atoms with van der Waals surface area (Å²) in [7, 11) is 0. The van der Waals surface area contributed by atoms with Crippen molar-refractivity contribution in [3.63, 3.8) is 0 Å². The molecule has 0 heterocycles. The van der Waals surface area contributed by atoms with E-state index in [1.54, 1.807) is 4.90 Å². The van der Waals surface area contributed by atoms with Gasteiger partial charge in [-0.15, -0.1) is 0 Å². The molecule has 0 atom stereocenters. The molecule has 0 aliphatic heterocycles. The highest BCUT2D eigenvalue weighted by Gasteiger charge is 2.27. The first-order valence-corrected chi connectivity index (χ1v) is 8.42. The van der Waals surface area contributed by atoms with Crippen LogP contribution in [0, 0.1) is 11.6 Å². The SMILES string of the molecule is O=C(O)CCCCC(=O)N(Cc1cc(F)ccc1F)C1CCCC1. The minimum absolute atomic E-state index is 0.0369. The summed E-state index contributed by atoms with van der Waals surface area (Å²) in [6.07, 6.45) is 5.00. The highest BCUT2D eigenvalue weighted by atomic mass is 19.1. The highest BCUT2D eigenvalue weighted by Crippen LogP contribution is 2.26. The van der Waals surface area contributed by atoms with Crippen LogP contribution in [0.4, 0.5) is 8.78 Å². The summed E-state index contributed by atoms with van der Waals surface area (Å²) in [5, 5.41) is 8.64. The van der Waals surface area contributed by atoms with Gasteiger partial charge in [0.15, 0.2) is 0 Å². The lowest BCUT2D eigenvalue weighted by atomic mass is 10.1. The van der Waals surface area contributed by atoms with Gasteiger partial charge in [0.1, 0.15) is 11.6 Å². The molecule has 0 bridgehead atoms. The Kier molecular flexibility index (Phi) is 6.70. The molecular weight excluding hydrogens is 316 g/mol. The second kappa shape index (κ2) is 8.76. The molecule has 6 heteroatoms. The first-order chi connectivity index (χ1) is 11.5. The quantitative estimate of drug-likeness (QED) is 0.731. The van der Waals surface area contributed by atoms with Crippen molar-refractivity contribution in [1.82, 2.24) is 4.90 Å². The fraction of sp³-hybridized carbons (Fsp3) is 0.556. The zero-order valence-electron chi connectivity index (χ0n) is 13.6. The van der Waals surface area contributed by atoms with E-state index < -0.39 is 17.6 Å². The topological polar surface area (TPSA) is 57.6 Å². The summed E-state index contributed by atoms with van der Waals surface area (Å²) in [5.74, 6) is -2.03. The van der Waals surface area contributed by atoms with Crippen LogP contribution in [-0.2, 0) is 16.1 Å². The minimum atomic E-state index is -0.878. The fourth-order valence-corrected chi connectivity index (χ4v) is 3.18. The van der Waals surface area contributed by atoms with Crippen LogP contribution in [0.15, 0.2) is 18.2 Å². The molecule has 132 valence electrons. The Morgan fingerprint density at radius 2 is 1.79 bits per heavy atom. The molecule has 1 aliphatic rings. The van der Waals surface area contributed by atoms with Crippen molar-refractivity contribution in [2.45, 2.75) is 64.0 Å². The Balaban J connectivity index is 2.02. The number of hydrogen-bond donors (Lipinski definition) is 1. The van der Waals surface area contributed by atoms with E-state index in [0.717, 1.165) is 43.9 Å². The number of carboxylic acids is 1. The van der Waals surface area contributed by atoms with Crippen molar-refractivity contribution in [2.24, 2.45) is 0 Å². The lowest BCUT2D eigenvalue weighted by Gasteiger charge is -2.29. The van der Waals surface area contributed by atoms with E-state index in [1.807, 2.05) is 0 Å². The first kappa shape index (κ1) is 18.4. The van der Waals surface area contributed by atoms with E-state index in [9.17, 15) is 18.4 Å². The molecule has 24 heavy (non-hydrogen) atoms. The largest absolute Gasteiger partial charge is 0.481 e. The third kappa shape index (κ3) is 5.28. The van der Waals surface area contributed by atoms with E-state index in [1.165, 1.54) is 0 Å². The molecule has 0 aromatic heterocycles. The summed E-state index contributed by atoms with van der Waals surface area (Å²) in [6.45, 7) is 0.0615. The number of aliphatic carboxylic acids is 1. The Hall–Kier alpha value is -1.98. The van der Waals surface area contributed by atoms with Gasteiger partial charge in [-0.2, -0.15) is 0 Å². The number of nitrogens with zero attached hydrogens (tertiary/aromatic N) is 1. The van der Waals surface area contributed by atoms with Crippen LogP contribution in [0.3, 0.4) is 0 Å². The van der Waals surface area contributed by atoms with E-state index in [4.69, 9.17) is 5.11 Å². The standard InChI is InChI=1S/C18H23F2NO3/c19-14-9-10-16(20)13(11-14)12-21(15-5-1-2-6-15)17(22)7-3-4-8-18(23)24/h9-11,15H,1-8,12H2,(H,23,24). The van der Waals surface area contributed by atoms with Crippen molar-refractivity contribution in [3.8, 4) is 0 Å². The van der Waals surface area contributed by atoms with Crippen molar-refractivity contribution in [1.29, 1.82) is 0 Å². The summed E-state index contributed by atoms with van der Waals surface area (Å²) in [5.41, 5.74) is 0.181. The van der Waals surface area contributed by atoms with Gasteiger partial charge in [0, 0.05) is 31.0 Å². The summed E-state index contributed by atoms with van der Waals surface area (Å²) in [4.78, 5) is 24.7. The zero-order chi connectivity index (χ0) is 17.5. The Labute approximate surface area is 140 Å². The van der Waals surface area contributed by atoms with Gasteiger partial charge in [0.2, 0.25) is 5.91 Å². The van der Waals surface area contributed by atoms with Gasteiger partial charge in [-0.25, -0.2) is 8.78 Å². The molecule has 0 saturated heterocycles. The molecule has 1 amide bonds. The molecule has 4 nitrogen and oxygen atoms in total. The average molecular weight is 339 g/mol. The number of carboxylic acid groups (broad SMARTS) is 1. The molecule has 0 unspecified atom stereocenters. The van der Waals surface area contributed by atoms with Crippen LogP contribution in [-0.4, -0.2) is 27.9 Å². The number of rotatable bonds is 8. The molecule has 0 radical (unpaired) electrons. The molecule has 1 aromatic carbocycles. The molecular formula is C18H23F2NO3. The van der Waals surface area contributed by atoms with Gasteiger partial charge in [-0.3, -0.25) is 9.59 Å². The summed E-state index contributed by atoms with van der Waals surface area (Å²) >= 11 is 0. The zero-order valence-corrected chi connectivity index (χ0v) is 13.6. The third-order valence-corrected chi connectivity index (χ3v) is 4.47. The maximum Gasteiger partial charge on any atom is 0.303 e. The van der Waals surface area contributed by atoms with Crippen LogP contribution in [0.25, 0.3) is 0 Å². The number of amides is 1. The van der Waals surface area contributed by atoms with Gasteiger partial charge < -0.3 is 10.0 Å². The Morgan fingerprint density at radius 1 is 1.12 bits per heavy atom. The van der Waals surface area contributed by atoms with E-state index >= 15 is 0 Å². The van der Waals surface area contributed by atoms with Gasteiger partial charge in [0.25, 0.3) is 0 Å². The Bertz CT molecular complexity index is 586. The second-order valence-electron chi connectivity index (χ2n) is 6.30. The van der Waals surface area contributed by atoms with Gasteiger partial charge >= 0.3 is 5.97 Å². The smallest absolute Gasteiger partial charge is 0.303 e. The minimum Gasteiger partial charge on any atom is -0.481 e. The molecule has 1 aromatic rings. The number of benzene rings is 1. The number of carbonyl (C=O) groups excluding carboxylic acids is 1.